The maximum Gasteiger partial charge on any atom is 0.283 e. The van der Waals surface area contributed by atoms with E-state index in [9.17, 15) is 4.79 Å². The molecule has 2 heterocycles. The van der Waals surface area contributed by atoms with Crippen molar-refractivity contribution < 1.29 is 14.3 Å². The maximum atomic E-state index is 12.9. The van der Waals surface area contributed by atoms with Crippen LogP contribution in [0.15, 0.2) is 76.3 Å². The third-order valence-electron chi connectivity index (χ3n) is 5.53. The predicted octanol–water partition coefficient (Wildman–Crippen LogP) is 7.29. The summed E-state index contributed by atoms with van der Waals surface area (Å²) in [7, 11) is 0. The fourth-order valence-corrected chi connectivity index (χ4v) is 5.42. The number of rotatable bonds is 7. The first kappa shape index (κ1) is 26.3. The predicted molar refractivity (Wildman–Crippen MR) is 154 cm³/mol. The van der Waals surface area contributed by atoms with Gasteiger partial charge in [0.05, 0.1) is 22.2 Å². The second kappa shape index (κ2) is 11.2. The van der Waals surface area contributed by atoms with Gasteiger partial charge in [0.1, 0.15) is 11.7 Å². The van der Waals surface area contributed by atoms with Crippen LogP contribution in [0.5, 0.6) is 11.5 Å². The van der Waals surface area contributed by atoms with E-state index in [-0.39, 0.29) is 23.0 Å². The lowest BCUT2D eigenvalue weighted by Crippen LogP contribution is -2.35. The second-order valence-electron chi connectivity index (χ2n) is 8.05. The van der Waals surface area contributed by atoms with Gasteiger partial charge in [-0.2, -0.15) is 15.1 Å². The van der Waals surface area contributed by atoms with E-state index in [1.807, 2.05) is 43.3 Å². The summed E-state index contributed by atoms with van der Waals surface area (Å²) in [5.41, 5.74) is 2.09. The van der Waals surface area contributed by atoms with Gasteiger partial charge in [0.25, 0.3) is 5.91 Å². The molecule has 0 fully saturated rings. The number of fused-ring (bicyclic) bond motifs is 1. The molecule has 0 unspecified atom stereocenters. The van der Waals surface area contributed by atoms with Crippen molar-refractivity contribution in [2.45, 2.75) is 13.5 Å². The minimum absolute atomic E-state index is 0.0572. The third-order valence-corrected chi connectivity index (χ3v) is 7.45. The summed E-state index contributed by atoms with van der Waals surface area (Å²) in [5, 5.41) is 16.7. The van der Waals surface area contributed by atoms with Crippen LogP contribution in [0.2, 0.25) is 15.1 Å². The van der Waals surface area contributed by atoms with Gasteiger partial charge in [-0.25, -0.2) is 0 Å². The highest BCUT2D eigenvalue weighted by Crippen LogP contribution is 2.39. The topological polar surface area (TPSA) is 87.3 Å². The quantitative estimate of drug-likeness (QED) is 0.294. The van der Waals surface area contributed by atoms with E-state index in [0.29, 0.717) is 49.5 Å². The number of nitrogens with zero attached hydrogens (tertiary/aromatic N) is 3. The lowest BCUT2D eigenvalue weighted by atomic mass is 10.1. The van der Waals surface area contributed by atoms with Gasteiger partial charge in [-0.15, -0.1) is 0 Å². The summed E-state index contributed by atoms with van der Waals surface area (Å²) in [6.07, 6.45) is 1.53. The van der Waals surface area contributed by atoms with Crippen LogP contribution in [-0.4, -0.2) is 33.6 Å². The summed E-state index contributed by atoms with van der Waals surface area (Å²) in [5.74, 6) is 0.0830. The highest BCUT2D eigenvalue weighted by molar-refractivity contribution is 8.27. The minimum atomic E-state index is -0.558. The van der Waals surface area contributed by atoms with E-state index in [4.69, 9.17) is 49.7 Å². The Morgan fingerprint density at radius 2 is 1.74 bits per heavy atom. The lowest BCUT2D eigenvalue weighted by Gasteiger charge is -2.20. The fourth-order valence-electron chi connectivity index (χ4n) is 3.74. The molecule has 192 valence electrons. The Morgan fingerprint density at radius 3 is 2.47 bits per heavy atom. The molecule has 0 bridgehead atoms. The number of carbonyl (C=O) groups is 1. The standard InChI is InChI=1S/C27H19Cl3N4O3S/c1-2-36-22-13-15(12-21(30)23(22)37-14-16-7-3-5-9-19(16)28)11-18-24(31)34-27(32-25(18)35)38-26(33-34)17-8-4-6-10-20(17)29/h3-13,31H,2,14H2,1H3/b18-11+,31-24?. The van der Waals surface area contributed by atoms with Gasteiger partial charge in [0, 0.05) is 16.1 Å². The van der Waals surface area contributed by atoms with E-state index in [1.165, 1.54) is 22.8 Å². The molecule has 2 aliphatic rings. The SMILES string of the molecule is CCOc1cc(/C=C2\C(=N)N3N=C(c4ccccc4Cl)SC3=NC2=O)cc(Cl)c1OCc1ccccc1Cl. The van der Waals surface area contributed by atoms with Crippen LogP contribution in [0.3, 0.4) is 0 Å². The number of hydrogen-bond acceptors (Lipinski definition) is 6. The number of ether oxygens (including phenoxy) is 2. The average molecular weight is 586 g/mol. The normalized spacial score (nSPS) is 15.9. The smallest absolute Gasteiger partial charge is 0.283 e. The van der Waals surface area contributed by atoms with Crippen molar-refractivity contribution in [3.8, 4) is 11.5 Å². The van der Waals surface area contributed by atoms with Crippen molar-refractivity contribution in [1.29, 1.82) is 5.41 Å². The first-order valence-electron chi connectivity index (χ1n) is 11.4. The van der Waals surface area contributed by atoms with Gasteiger partial charge >= 0.3 is 0 Å². The van der Waals surface area contributed by atoms with Crippen molar-refractivity contribution in [1.82, 2.24) is 5.01 Å². The van der Waals surface area contributed by atoms with Crippen LogP contribution in [-0.2, 0) is 11.4 Å². The number of halogens is 3. The molecule has 0 atom stereocenters. The molecule has 1 N–H and O–H groups in total. The van der Waals surface area contributed by atoms with Crippen molar-refractivity contribution in [3.05, 3.63) is 98.0 Å². The Morgan fingerprint density at radius 1 is 1.00 bits per heavy atom. The van der Waals surface area contributed by atoms with E-state index in [0.717, 1.165) is 5.56 Å². The highest BCUT2D eigenvalue weighted by Gasteiger charge is 2.36. The van der Waals surface area contributed by atoms with Crippen molar-refractivity contribution in [2.24, 2.45) is 10.1 Å². The summed E-state index contributed by atoms with van der Waals surface area (Å²) >= 11 is 20.3. The monoisotopic (exact) mass is 584 g/mol. The Balaban J connectivity index is 1.44. The Labute approximate surface area is 238 Å². The first-order chi connectivity index (χ1) is 18.4. The average Bonchev–Trinajstić information content (AvgIpc) is 3.31. The van der Waals surface area contributed by atoms with Crippen molar-refractivity contribution >= 4 is 74.6 Å². The van der Waals surface area contributed by atoms with Crippen molar-refractivity contribution in [3.63, 3.8) is 0 Å². The molecule has 11 heteroatoms. The van der Waals surface area contributed by atoms with Crippen LogP contribution in [0.1, 0.15) is 23.6 Å². The number of carbonyl (C=O) groups excluding carboxylic acids is 1. The molecule has 3 aromatic carbocycles. The zero-order valence-electron chi connectivity index (χ0n) is 19.9. The largest absolute Gasteiger partial charge is 0.490 e. The molecular weight excluding hydrogens is 567 g/mol. The van der Waals surface area contributed by atoms with Gasteiger partial charge in [-0.05, 0) is 54.6 Å². The number of amidine groups is 2. The molecule has 5 rings (SSSR count). The van der Waals surface area contributed by atoms with Gasteiger partial charge in [-0.1, -0.05) is 71.2 Å². The molecule has 0 radical (unpaired) electrons. The lowest BCUT2D eigenvalue weighted by molar-refractivity contribution is -0.114. The zero-order valence-corrected chi connectivity index (χ0v) is 23.0. The molecule has 0 spiro atoms. The van der Waals surface area contributed by atoms with Crippen LogP contribution < -0.4 is 9.47 Å². The Kier molecular flexibility index (Phi) is 7.76. The highest BCUT2D eigenvalue weighted by atomic mass is 35.5. The number of hydrazone groups is 1. The maximum absolute atomic E-state index is 12.9. The van der Waals surface area contributed by atoms with E-state index in [1.54, 1.807) is 24.3 Å². The van der Waals surface area contributed by atoms with E-state index < -0.39 is 5.91 Å². The van der Waals surface area contributed by atoms with Gasteiger partial charge in [-0.3, -0.25) is 10.2 Å². The van der Waals surface area contributed by atoms with E-state index in [2.05, 4.69) is 10.1 Å². The van der Waals surface area contributed by atoms with Gasteiger partial charge in [0.15, 0.2) is 17.3 Å². The minimum Gasteiger partial charge on any atom is -0.490 e. The van der Waals surface area contributed by atoms with Crippen LogP contribution in [0.25, 0.3) is 6.08 Å². The van der Waals surface area contributed by atoms with Crippen LogP contribution in [0, 0.1) is 5.41 Å². The molecule has 1 amide bonds. The zero-order chi connectivity index (χ0) is 26.8. The van der Waals surface area contributed by atoms with Crippen LogP contribution in [0.4, 0.5) is 0 Å². The summed E-state index contributed by atoms with van der Waals surface area (Å²) < 4.78 is 11.7. The summed E-state index contributed by atoms with van der Waals surface area (Å²) in [4.78, 5) is 17.0. The number of benzene rings is 3. The number of aliphatic imine (C=N–C) groups is 1. The van der Waals surface area contributed by atoms with Gasteiger partial charge < -0.3 is 9.47 Å². The second-order valence-corrected chi connectivity index (χ2v) is 10.2. The summed E-state index contributed by atoms with van der Waals surface area (Å²) in [6, 6.07) is 17.9. The number of thioether (sulfide) groups is 1. The van der Waals surface area contributed by atoms with Gasteiger partial charge in [0.2, 0.25) is 5.17 Å². The molecule has 2 aliphatic heterocycles. The molecule has 0 saturated heterocycles. The number of amides is 1. The first-order valence-corrected chi connectivity index (χ1v) is 13.4. The molecule has 7 nitrogen and oxygen atoms in total. The number of nitrogens with one attached hydrogen (secondary N) is 1. The third kappa shape index (κ3) is 5.31. The van der Waals surface area contributed by atoms with Crippen LogP contribution >= 0.6 is 46.6 Å². The number of hydrogen-bond donors (Lipinski definition) is 1. The molecule has 0 saturated carbocycles. The Bertz CT molecular complexity index is 1550. The molecule has 38 heavy (non-hydrogen) atoms. The molecule has 3 aromatic rings. The van der Waals surface area contributed by atoms with E-state index >= 15 is 0 Å². The van der Waals surface area contributed by atoms with Crippen molar-refractivity contribution in [2.75, 3.05) is 6.61 Å². The fraction of sp³-hybridized carbons (Fsp3) is 0.111. The molecule has 0 aliphatic carbocycles. The molecule has 0 aromatic heterocycles. The Hall–Kier alpha value is -3.30. The molecular formula is C27H19Cl3N4O3S. The summed E-state index contributed by atoms with van der Waals surface area (Å²) in [6.45, 7) is 2.40.